The summed E-state index contributed by atoms with van der Waals surface area (Å²) in [6, 6.07) is 18.0. The lowest BCUT2D eigenvalue weighted by molar-refractivity contribution is -0.274. The Morgan fingerprint density at radius 1 is 0.969 bits per heavy atom. The summed E-state index contributed by atoms with van der Waals surface area (Å²) >= 11 is 0. The van der Waals surface area contributed by atoms with Crippen LogP contribution in [0.5, 0.6) is 11.5 Å². The highest BCUT2D eigenvalue weighted by Gasteiger charge is 2.31. The molecule has 3 aromatic rings. The van der Waals surface area contributed by atoms with Crippen LogP contribution in [0.25, 0.3) is 11.1 Å². The number of amides is 1. The first-order chi connectivity index (χ1) is 15.2. The predicted molar refractivity (Wildman–Crippen MR) is 110 cm³/mol. The van der Waals surface area contributed by atoms with Crippen LogP contribution in [-0.2, 0) is 20.9 Å². The van der Waals surface area contributed by atoms with Gasteiger partial charge in [-0.25, -0.2) is 4.79 Å². The molecule has 0 bridgehead atoms. The zero-order valence-corrected chi connectivity index (χ0v) is 16.8. The average Bonchev–Trinajstić information content (AvgIpc) is 2.77. The zero-order chi connectivity index (χ0) is 23.3. The molecule has 1 amide bonds. The first kappa shape index (κ1) is 22.7. The SMILES string of the molecule is COC(=O)C(=O)N(Cc1ccccc1)c1ccc(O)c(-c2ccc(OC(F)(F)F)cc2)c1. The van der Waals surface area contributed by atoms with Gasteiger partial charge in [0.25, 0.3) is 0 Å². The standard InChI is InChI=1S/C23H18F3NO5/c1-31-22(30)21(29)27(14-15-5-3-2-4-6-15)17-9-12-20(28)19(13-17)16-7-10-18(11-8-16)32-23(24,25)26/h2-13,28H,14H2,1H3. The van der Waals surface area contributed by atoms with Gasteiger partial charge in [-0.2, -0.15) is 0 Å². The fourth-order valence-electron chi connectivity index (χ4n) is 3.00. The Morgan fingerprint density at radius 2 is 1.62 bits per heavy atom. The van der Waals surface area contributed by atoms with Gasteiger partial charge < -0.3 is 14.6 Å². The van der Waals surface area contributed by atoms with Crippen LogP contribution in [0.4, 0.5) is 18.9 Å². The smallest absolute Gasteiger partial charge is 0.507 e. The van der Waals surface area contributed by atoms with E-state index in [4.69, 9.17) is 0 Å². The predicted octanol–water partition coefficient (Wildman–Crippen LogP) is 4.66. The molecular weight excluding hydrogens is 427 g/mol. The van der Waals surface area contributed by atoms with E-state index in [-0.39, 0.29) is 23.5 Å². The fraction of sp³-hybridized carbons (Fsp3) is 0.130. The Morgan fingerprint density at radius 3 is 2.22 bits per heavy atom. The van der Waals surface area contributed by atoms with Gasteiger partial charge in [0.05, 0.1) is 13.7 Å². The quantitative estimate of drug-likeness (QED) is 0.457. The van der Waals surface area contributed by atoms with E-state index >= 15 is 0 Å². The van der Waals surface area contributed by atoms with Crippen LogP contribution < -0.4 is 9.64 Å². The van der Waals surface area contributed by atoms with Gasteiger partial charge in [-0.1, -0.05) is 42.5 Å². The monoisotopic (exact) mass is 445 g/mol. The van der Waals surface area contributed by atoms with Gasteiger partial charge in [0.15, 0.2) is 0 Å². The second kappa shape index (κ2) is 9.42. The Balaban J connectivity index is 1.97. The molecule has 0 aromatic heterocycles. The van der Waals surface area contributed by atoms with E-state index in [0.29, 0.717) is 5.56 Å². The number of carbonyl (C=O) groups is 2. The van der Waals surface area contributed by atoms with Gasteiger partial charge in [-0.3, -0.25) is 9.69 Å². The number of aromatic hydroxyl groups is 1. The average molecular weight is 445 g/mol. The van der Waals surface area contributed by atoms with Crippen LogP contribution in [0.1, 0.15) is 5.56 Å². The van der Waals surface area contributed by atoms with Crippen LogP contribution in [0.15, 0.2) is 72.8 Å². The van der Waals surface area contributed by atoms with E-state index < -0.39 is 24.0 Å². The Kier molecular flexibility index (Phi) is 6.67. The van der Waals surface area contributed by atoms with Gasteiger partial charge >= 0.3 is 18.2 Å². The molecule has 0 aliphatic rings. The number of esters is 1. The van der Waals surface area contributed by atoms with E-state index in [1.165, 1.54) is 35.2 Å². The van der Waals surface area contributed by atoms with Crippen molar-refractivity contribution in [2.24, 2.45) is 0 Å². The summed E-state index contributed by atoms with van der Waals surface area (Å²) in [5.74, 6) is -2.56. The largest absolute Gasteiger partial charge is 0.573 e. The first-order valence-corrected chi connectivity index (χ1v) is 9.31. The highest BCUT2D eigenvalue weighted by molar-refractivity contribution is 6.38. The van der Waals surface area contributed by atoms with Crippen molar-refractivity contribution in [3.05, 3.63) is 78.4 Å². The number of ether oxygens (including phenoxy) is 2. The van der Waals surface area contributed by atoms with Crippen molar-refractivity contribution in [1.82, 2.24) is 0 Å². The van der Waals surface area contributed by atoms with E-state index in [2.05, 4.69) is 9.47 Å². The van der Waals surface area contributed by atoms with Gasteiger partial charge in [0, 0.05) is 11.3 Å². The van der Waals surface area contributed by atoms with Crippen LogP contribution in [0.3, 0.4) is 0 Å². The molecule has 3 rings (SSSR count). The molecule has 166 valence electrons. The number of phenolic OH excluding ortho intramolecular Hbond substituents is 1. The second-order valence-corrected chi connectivity index (χ2v) is 6.64. The lowest BCUT2D eigenvalue weighted by atomic mass is 10.0. The molecule has 32 heavy (non-hydrogen) atoms. The molecule has 9 heteroatoms. The topological polar surface area (TPSA) is 76.1 Å². The van der Waals surface area contributed by atoms with Crippen molar-refractivity contribution in [3.8, 4) is 22.6 Å². The Hall–Kier alpha value is -4.01. The molecule has 0 saturated carbocycles. The number of nitrogens with zero attached hydrogens (tertiary/aromatic N) is 1. The molecule has 0 spiro atoms. The van der Waals surface area contributed by atoms with Crippen molar-refractivity contribution < 1.29 is 37.3 Å². The number of rotatable bonds is 5. The van der Waals surface area contributed by atoms with Crippen molar-refractivity contribution in [2.45, 2.75) is 12.9 Å². The summed E-state index contributed by atoms with van der Waals surface area (Å²) < 4.78 is 45.6. The van der Waals surface area contributed by atoms with E-state index in [1.54, 1.807) is 30.3 Å². The molecular formula is C23H18F3NO5. The van der Waals surface area contributed by atoms with Gasteiger partial charge in [0.2, 0.25) is 0 Å². The lowest BCUT2D eigenvalue weighted by Gasteiger charge is -2.23. The van der Waals surface area contributed by atoms with Crippen molar-refractivity contribution in [1.29, 1.82) is 0 Å². The normalized spacial score (nSPS) is 11.0. The number of anilines is 1. The highest BCUT2D eigenvalue weighted by Crippen LogP contribution is 2.35. The molecule has 6 nitrogen and oxygen atoms in total. The van der Waals surface area contributed by atoms with Gasteiger partial charge in [0.1, 0.15) is 11.5 Å². The minimum absolute atomic E-state index is 0.0529. The van der Waals surface area contributed by atoms with Crippen LogP contribution in [0.2, 0.25) is 0 Å². The van der Waals surface area contributed by atoms with Crippen LogP contribution in [-0.4, -0.2) is 30.5 Å². The van der Waals surface area contributed by atoms with Crippen molar-refractivity contribution in [2.75, 3.05) is 12.0 Å². The van der Waals surface area contributed by atoms with Crippen LogP contribution in [0, 0.1) is 0 Å². The van der Waals surface area contributed by atoms with Gasteiger partial charge in [-0.05, 0) is 41.5 Å². The molecule has 0 saturated heterocycles. The molecule has 0 heterocycles. The minimum atomic E-state index is -4.82. The maximum absolute atomic E-state index is 12.7. The molecule has 0 atom stereocenters. The lowest BCUT2D eigenvalue weighted by Crippen LogP contribution is -2.36. The summed E-state index contributed by atoms with van der Waals surface area (Å²) in [6.07, 6.45) is -4.82. The Bertz CT molecular complexity index is 1100. The second-order valence-electron chi connectivity index (χ2n) is 6.64. The summed E-state index contributed by atoms with van der Waals surface area (Å²) in [6.45, 7) is 0.0529. The van der Waals surface area contributed by atoms with Crippen LogP contribution >= 0.6 is 0 Å². The molecule has 0 radical (unpaired) electrons. The summed E-state index contributed by atoms with van der Waals surface area (Å²) in [4.78, 5) is 25.8. The van der Waals surface area contributed by atoms with E-state index in [9.17, 15) is 27.9 Å². The van der Waals surface area contributed by atoms with E-state index in [0.717, 1.165) is 24.8 Å². The third kappa shape index (κ3) is 5.57. The Labute approximate surface area is 181 Å². The number of carbonyl (C=O) groups excluding carboxylic acids is 2. The summed E-state index contributed by atoms with van der Waals surface area (Å²) in [5, 5.41) is 10.3. The fourth-order valence-corrected chi connectivity index (χ4v) is 3.00. The molecule has 0 aliphatic carbocycles. The molecule has 1 N–H and O–H groups in total. The zero-order valence-electron chi connectivity index (χ0n) is 16.8. The van der Waals surface area contributed by atoms with Crippen molar-refractivity contribution in [3.63, 3.8) is 0 Å². The number of phenols is 1. The van der Waals surface area contributed by atoms with E-state index in [1.807, 2.05) is 0 Å². The van der Waals surface area contributed by atoms with Gasteiger partial charge in [-0.15, -0.1) is 13.2 Å². The number of alkyl halides is 3. The number of hydrogen-bond donors (Lipinski definition) is 1. The first-order valence-electron chi connectivity index (χ1n) is 9.31. The summed E-state index contributed by atoms with van der Waals surface area (Å²) in [5.41, 5.74) is 1.65. The minimum Gasteiger partial charge on any atom is -0.507 e. The maximum atomic E-state index is 12.7. The molecule has 0 unspecified atom stereocenters. The number of methoxy groups -OCH3 is 1. The third-order valence-corrected chi connectivity index (χ3v) is 4.48. The van der Waals surface area contributed by atoms with Crippen molar-refractivity contribution >= 4 is 17.6 Å². The summed E-state index contributed by atoms with van der Waals surface area (Å²) in [7, 11) is 1.09. The molecule has 0 aliphatic heterocycles. The maximum Gasteiger partial charge on any atom is 0.573 e. The number of benzene rings is 3. The number of halogens is 3. The third-order valence-electron chi connectivity index (χ3n) is 4.48. The molecule has 0 fully saturated rings. The highest BCUT2D eigenvalue weighted by atomic mass is 19.4. The number of hydrogen-bond acceptors (Lipinski definition) is 5. The molecule has 3 aromatic carbocycles.